The van der Waals surface area contributed by atoms with Gasteiger partial charge in [-0.05, 0) is 94.7 Å². The highest BCUT2D eigenvalue weighted by atomic mass is 35.5. The zero-order valence-corrected chi connectivity index (χ0v) is 26.3. The molecule has 0 atom stereocenters. The van der Waals surface area contributed by atoms with E-state index in [2.05, 4.69) is 51.5 Å². The summed E-state index contributed by atoms with van der Waals surface area (Å²) in [5.41, 5.74) is 5.00. The predicted octanol–water partition coefficient (Wildman–Crippen LogP) is 6.92. The third-order valence-corrected chi connectivity index (χ3v) is 8.65. The van der Waals surface area contributed by atoms with E-state index in [4.69, 9.17) is 21.3 Å². The maximum Gasteiger partial charge on any atom is 0.340 e. The van der Waals surface area contributed by atoms with Crippen molar-refractivity contribution >= 4 is 40.2 Å². The molecule has 10 heteroatoms. The second-order valence-electron chi connectivity index (χ2n) is 11.2. The van der Waals surface area contributed by atoms with Gasteiger partial charge < -0.3 is 15.0 Å². The van der Waals surface area contributed by atoms with Gasteiger partial charge in [0.05, 0.1) is 17.9 Å². The number of nitrogens with one attached hydrogen (secondary N) is 1. The molecule has 6 rings (SSSR count). The number of anilines is 2. The molecule has 5 aromatic rings. The Morgan fingerprint density at radius 1 is 1.02 bits per heavy atom. The number of aromatic nitrogens is 4. The number of carbonyl (C=O) groups is 1. The van der Waals surface area contributed by atoms with Crippen molar-refractivity contribution in [2.75, 3.05) is 32.1 Å². The third-order valence-electron chi connectivity index (χ3n) is 8.34. The molecular formula is C35H35ClN6O3. The molecule has 1 aliphatic rings. The van der Waals surface area contributed by atoms with Crippen molar-refractivity contribution in [3.8, 4) is 22.4 Å². The van der Waals surface area contributed by atoms with Crippen LogP contribution >= 0.6 is 11.6 Å². The largest absolute Gasteiger partial charge is 0.462 e. The lowest BCUT2D eigenvalue weighted by Crippen LogP contribution is -2.29. The van der Waals surface area contributed by atoms with Crippen molar-refractivity contribution in [3.63, 3.8) is 0 Å². The van der Waals surface area contributed by atoms with Gasteiger partial charge in [-0.15, -0.1) is 0 Å². The molecule has 2 aromatic carbocycles. The van der Waals surface area contributed by atoms with Gasteiger partial charge in [0.15, 0.2) is 0 Å². The van der Waals surface area contributed by atoms with E-state index in [1.807, 2.05) is 6.92 Å². The molecule has 0 saturated carbocycles. The van der Waals surface area contributed by atoms with Crippen LogP contribution in [-0.2, 0) is 11.3 Å². The first-order valence-corrected chi connectivity index (χ1v) is 15.6. The van der Waals surface area contributed by atoms with Crippen LogP contribution in [0.15, 0.2) is 77.9 Å². The van der Waals surface area contributed by atoms with E-state index in [1.165, 1.54) is 18.4 Å². The maximum atomic E-state index is 13.8. The molecule has 4 heterocycles. The van der Waals surface area contributed by atoms with Gasteiger partial charge in [0.25, 0.3) is 5.56 Å². The van der Waals surface area contributed by atoms with Gasteiger partial charge in [0, 0.05) is 51.7 Å². The van der Waals surface area contributed by atoms with E-state index in [1.54, 1.807) is 60.3 Å². The fourth-order valence-electron chi connectivity index (χ4n) is 5.90. The van der Waals surface area contributed by atoms with Crippen LogP contribution in [0.25, 0.3) is 33.4 Å². The molecule has 0 aliphatic carbocycles. The SMILES string of the molecule is CCOC(=O)c1cccnc1-c1ccc(-c2cc3cnc(Nc4ccc(C5CCN(C)CC5)cc4)nc3n(CC)c2=O)c(Cl)c1. The minimum absolute atomic E-state index is 0.211. The number of piperidine rings is 1. The minimum Gasteiger partial charge on any atom is -0.462 e. The van der Waals surface area contributed by atoms with Gasteiger partial charge in [0.2, 0.25) is 5.95 Å². The molecule has 0 amide bonds. The van der Waals surface area contributed by atoms with Gasteiger partial charge in [-0.25, -0.2) is 9.78 Å². The third kappa shape index (κ3) is 6.32. The maximum absolute atomic E-state index is 13.8. The number of halogens is 1. The summed E-state index contributed by atoms with van der Waals surface area (Å²) in [6.07, 6.45) is 5.67. The van der Waals surface area contributed by atoms with E-state index in [9.17, 15) is 9.59 Å². The number of ether oxygens (including phenoxy) is 1. The Morgan fingerprint density at radius 3 is 2.51 bits per heavy atom. The number of pyridine rings is 2. The Kier molecular flexibility index (Phi) is 8.91. The van der Waals surface area contributed by atoms with Crippen LogP contribution in [0.5, 0.6) is 0 Å². The van der Waals surface area contributed by atoms with Crippen molar-refractivity contribution in [2.24, 2.45) is 0 Å². The molecule has 9 nitrogen and oxygen atoms in total. The average Bonchev–Trinajstić information content (AvgIpc) is 3.05. The minimum atomic E-state index is -0.459. The van der Waals surface area contributed by atoms with E-state index < -0.39 is 5.97 Å². The molecule has 1 N–H and O–H groups in total. The summed E-state index contributed by atoms with van der Waals surface area (Å²) in [4.78, 5) is 42.3. The molecule has 0 bridgehead atoms. The van der Waals surface area contributed by atoms with Gasteiger partial charge in [-0.3, -0.25) is 14.3 Å². The van der Waals surface area contributed by atoms with E-state index in [-0.39, 0.29) is 12.2 Å². The molecule has 45 heavy (non-hydrogen) atoms. The number of esters is 1. The van der Waals surface area contributed by atoms with Gasteiger partial charge in [0.1, 0.15) is 5.65 Å². The van der Waals surface area contributed by atoms with Crippen LogP contribution < -0.4 is 10.9 Å². The Bertz CT molecular complexity index is 1920. The number of hydrogen-bond donors (Lipinski definition) is 1. The van der Waals surface area contributed by atoms with Crippen LogP contribution in [0.4, 0.5) is 11.6 Å². The number of likely N-dealkylation sites (tertiary alicyclic amines) is 1. The van der Waals surface area contributed by atoms with Gasteiger partial charge >= 0.3 is 5.97 Å². The molecular weight excluding hydrogens is 588 g/mol. The monoisotopic (exact) mass is 622 g/mol. The van der Waals surface area contributed by atoms with E-state index >= 15 is 0 Å². The number of hydrogen-bond acceptors (Lipinski definition) is 8. The summed E-state index contributed by atoms with van der Waals surface area (Å²) in [5, 5.41) is 4.36. The first kappa shape index (κ1) is 30.4. The normalized spacial score (nSPS) is 14.0. The number of aryl methyl sites for hydroxylation is 1. The van der Waals surface area contributed by atoms with Crippen LogP contribution in [-0.4, -0.2) is 57.1 Å². The zero-order valence-electron chi connectivity index (χ0n) is 25.6. The lowest BCUT2D eigenvalue weighted by Gasteiger charge is -2.29. The predicted molar refractivity (Wildman–Crippen MR) is 178 cm³/mol. The summed E-state index contributed by atoms with van der Waals surface area (Å²) in [6, 6.07) is 18.9. The topological polar surface area (TPSA) is 102 Å². The number of rotatable bonds is 8. The van der Waals surface area contributed by atoms with Gasteiger partial charge in [-0.1, -0.05) is 35.9 Å². The average molecular weight is 623 g/mol. The van der Waals surface area contributed by atoms with Crippen molar-refractivity contribution in [1.29, 1.82) is 0 Å². The fourth-order valence-corrected chi connectivity index (χ4v) is 6.19. The second kappa shape index (κ2) is 13.2. The molecule has 1 saturated heterocycles. The smallest absolute Gasteiger partial charge is 0.340 e. The summed E-state index contributed by atoms with van der Waals surface area (Å²) in [6.45, 7) is 6.57. The highest BCUT2D eigenvalue weighted by molar-refractivity contribution is 6.33. The Labute approximate surface area is 266 Å². The van der Waals surface area contributed by atoms with Crippen LogP contribution in [0.1, 0.15) is 48.5 Å². The number of benzene rings is 2. The molecule has 0 spiro atoms. The Morgan fingerprint density at radius 2 is 1.80 bits per heavy atom. The van der Waals surface area contributed by atoms with Crippen molar-refractivity contribution in [3.05, 3.63) is 99.6 Å². The lowest BCUT2D eigenvalue weighted by atomic mass is 9.89. The van der Waals surface area contributed by atoms with Crippen LogP contribution in [0.3, 0.4) is 0 Å². The number of nitrogens with zero attached hydrogens (tertiary/aromatic N) is 5. The first-order valence-electron chi connectivity index (χ1n) is 15.2. The standard InChI is InChI=1S/C35H35ClN6O3/c1-4-42-32-25(21-38-35(40-32)39-26-11-8-22(9-12-26)23-14-17-41(3)18-15-23)19-29(33(42)43)27-13-10-24(20-30(27)36)31-28(7-6-16-37-31)34(44)45-5-2/h6-13,16,19-21,23H,4-5,14-15,17-18H2,1-3H3,(H,38,39,40). The second-order valence-corrected chi connectivity index (χ2v) is 11.6. The summed E-state index contributed by atoms with van der Waals surface area (Å²) < 4.78 is 6.82. The van der Waals surface area contributed by atoms with Crippen molar-refractivity contribution in [2.45, 2.75) is 39.2 Å². The van der Waals surface area contributed by atoms with E-state index in [0.29, 0.717) is 62.4 Å². The molecule has 1 aliphatic heterocycles. The summed E-state index contributed by atoms with van der Waals surface area (Å²) in [7, 11) is 2.17. The summed E-state index contributed by atoms with van der Waals surface area (Å²) >= 11 is 6.77. The first-order chi connectivity index (χ1) is 21.9. The lowest BCUT2D eigenvalue weighted by molar-refractivity contribution is 0.0527. The highest BCUT2D eigenvalue weighted by Crippen LogP contribution is 2.33. The van der Waals surface area contributed by atoms with Crippen molar-refractivity contribution in [1.82, 2.24) is 24.4 Å². The quantitative estimate of drug-likeness (QED) is 0.186. The van der Waals surface area contributed by atoms with E-state index in [0.717, 1.165) is 18.8 Å². The summed E-state index contributed by atoms with van der Waals surface area (Å²) in [5.74, 6) is 0.542. The molecule has 0 radical (unpaired) electrons. The Balaban J connectivity index is 1.28. The van der Waals surface area contributed by atoms with Crippen LogP contribution in [0, 0.1) is 0 Å². The molecule has 3 aromatic heterocycles. The molecule has 1 fully saturated rings. The fraction of sp³-hybridized carbons (Fsp3) is 0.286. The molecule has 230 valence electrons. The number of fused-ring (bicyclic) bond motifs is 1. The zero-order chi connectivity index (χ0) is 31.5. The van der Waals surface area contributed by atoms with Crippen LogP contribution in [0.2, 0.25) is 5.02 Å². The molecule has 0 unspecified atom stereocenters. The van der Waals surface area contributed by atoms with Crippen molar-refractivity contribution < 1.29 is 9.53 Å². The highest BCUT2D eigenvalue weighted by Gasteiger charge is 2.20. The van der Waals surface area contributed by atoms with Gasteiger partial charge in [-0.2, -0.15) is 4.98 Å². The Hall–Kier alpha value is -4.60. The number of carbonyl (C=O) groups excluding carboxylic acids is 1.